The normalized spacial score (nSPS) is 23.9. The molecule has 156 valence electrons. The van der Waals surface area contributed by atoms with Crippen LogP contribution in [0.4, 0.5) is 0 Å². The molecule has 2 aliphatic rings. The van der Waals surface area contributed by atoms with Crippen molar-refractivity contribution >= 4 is 5.91 Å². The fourth-order valence-electron chi connectivity index (χ4n) is 4.43. The summed E-state index contributed by atoms with van der Waals surface area (Å²) in [6, 6.07) is 8.51. The zero-order valence-electron chi connectivity index (χ0n) is 17.9. The topological polar surface area (TPSA) is 47.0 Å². The van der Waals surface area contributed by atoms with E-state index < -0.39 is 5.60 Å². The molecule has 1 atom stereocenters. The molecule has 0 radical (unpaired) electrons. The molecule has 1 unspecified atom stereocenters. The number of benzene rings is 1. The van der Waals surface area contributed by atoms with Crippen molar-refractivity contribution in [1.82, 2.24) is 14.7 Å². The zero-order chi connectivity index (χ0) is 20.1. The summed E-state index contributed by atoms with van der Waals surface area (Å²) in [6.07, 6.45) is 3.99. The van der Waals surface area contributed by atoms with E-state index in [1.54, 1.807) is 0 Å². The fraction of sp³-hybridized carbons (Fsp3) is 0.696. The second-order valence-corrected chi connectivity index (χ2v) is 9.04. The molecule has 1 aromatic carbocycles. The van der Waals surface area contributed by atoms with E-state index in [1.807, 2.05) is 11.9 Å². The number of hydrogen-bond donors (Lipinski definition) is 1. The second-order valence-electron chi connectivity index (χ2n) is 9.04. The number of likely N-dealkylation sites (N-methyl/N-ethyl adjacent to an activating group) is 1. The molecule has 1 aromatic rings. The van der Waals surface area contributed by atoms with Gasteiger partial charge in [0.25, 0.3) is 5.91 Å². The molecule has 2 heterocycles. The van der Waals surface area contributed by atoms with Crippen LogP contribution in [0.2, 0.25) is 0 Å². The van der Waals surface area contributed by atoms with E-state index in [4.69, 9.17) is 0 Å². The monoisotopic (exact) mass is 387 g/mol. The lowest BCUT2D eigenvalue weighted by Gasteiger charge is -2.40. The van der Waals surface area contributed by atoms with Crippen molar-refractivity contribution in [2.45, 2.75) is 57.6 Å². The summed E-state index contributed by atoms with van der Waals surface area (Å²) in [4.78, 5) is 19.5. The third kappa shape index (κ3) is 5.34. The number of aliphatic hydroxyl groups is 1. The van der Waals surface area contributed by atoms with E-state index in [0.717, 1.165) is 31.6 Å². The van der Waals surface area contributed by atoms with Crippen LogP contribution in [-0.4, -0.2) is 77.6 Å². The van der Waals surface area contributed by atoms with Gasteiger partial charge in [0.15, 0.2) is 5.60 Å². The third-order valence-corrected chi connectivity index (χ3v) is 6.25. The Morgan fingerprint density at radius 2 is 1.79 bits per heavy atom. The molecule has 0 aliphatic carbocycles. The first-order valence-electron chi connectivity index (χ1n) is 10.9. The van der Waals surface area contributed by atoms with E-state index in [-0.39, 0.29) is 5.91 Å². The van der Waals surface area contributed by atoms with Crippen LogP contribution >= 0.6 is 0 Å². The molecule has 2 fully saturated rings. The van der Waals surface area contributed by atoms with Crippen LogP contribution < -0.4 is 0 Å². The number of rotatable bonds is 8. The van der Waals surface area contributed by atoms with Crippen LogP contribution in [0.25, 0.3) is 0 Å². The summed E-state index contributed by atoms with van der Waals surface area (Å²) in [5, 5.41) is 11.1. The van der Waals surface area contributed by atoms with Gasteiger partial charge in [0.2, 0.25) is 0 Å². The van der Waals surface area contributed by atoms with Crippen molar-refractivity contribution in [1.29, 1.82) is 0 Å². The zero-order valence-corrected chi connectivity index (χ0v) is 17.9. The maximum absolute atomic E-state index is 13.1. The SMILES string of the molecule is CC(C)c1ccc(CN2CCCC(O)(CN(C)CCN3CCCC3)C2=O)cc1. The minimum atomic E-state index is -1.25. The number of carbonyl (C=O) groups excluding carboxylic acids is 1. The van der Waals surface area contributed by atoms with E-state index >= 15 is 0 Å². The van der Waals surface area contributed by atoms with Gasteiger partial charge in [-0.25, -0.2) is 0 Å². The molecule has 2 aliphatic heterocycles. The van der Waals surface area contributed by atoms with Gasteiger partial charge < -0.3 is 19.8 Å². The molecule has 0 aromatic heterocycles. The Hall–Kier alpha value is -1.43. The molecule has 1 amide bonds. The lowest BCUT2D eigenvalue weighted by molar-refractivity contribution is -0.159. The van der Waals surface area contributed by atoms with Gasteiger partial charge in [-0.2, -0.15) is 0 Å². The lowest BCUT2D eigenvalue weighted by atomic mass is 9.90. The molecule has 0 saturated carbocycles. The second kappa shape index (κ2) is 9.38. The van der Waals surface area contributed by atoms with E-state index in [9.17, 15) is 9.90 Å². The third-order valence-electron chi connectivity index (χ3n) is 6.25. The highest BCUT2D eigenvalue weighted by atomic mass is 16.3. The minimum Gasteiger partial charge on any atom is -0.379 e. The van der Waals surface area contributed by atoms with Gasteiger partial charge in [-0.3, -0.25) is 4.79 Å². The van der Waals surface area contributed by atoms with Crippen LogP contribution in [0.15, 0.2) is 24.3 Å². The summed E-state index contributed by atoms with van der Waals surface area (Å²) >= 11 is 0. The predicted molar refractivity (Wildman–Crippen MR) is 113 cm³/mol. The Morgan fingerprint density at radius 1 is 1.11 bits per heavy atom. The van der Waals surface area contributed by atoms with Gasteiger partial charge in [0.1, 0.15) is 0 Å². The highest BCUT2D eigenvalue weighted by Crippen LogP contribution is 2.25. The molecule has 5 heteroatoms. The summed E-state index contributed by atoms with van der Waals surface area (Å²) in [5.74, 6) is 0.395. The number of amides is 1. The first-order chi connectivity index (χ1) is 13.4. The summed E-state index contributed by atoms with van der Waals surface area (Å²) in [7, 11) is 2.02. The number of carbonyl (C=O) groups is 1. The van der Waals surface area contributed by atoms with Crippen LogP contribution in [0.3, 0.4) is 0 Å². The van der Waals surface area contributed by atoms with Gasteiger partial charge in [-0.05, 0) is 62.9 Å². The number of hydrogen-bond acceptors (Lipinski definition) is 4. The number of piperidine rings is 1. The highest BCUT2D eigenvalue weighted by molar-refractivity contribution is 5.86. The molecule has 28 heavy (non-hydrogen) atoms. The summed E-state index contributed by atoms with van der Waals surface area (Å²) in [6.45, 7) is 10.4. The van der Waals surface area contributed by atoms with E-state index in [2.05, 4.69) is 47.9 Å². The average Bonchev–Trinajstić information content (AvgIpc) is 3.18. The quantitative estimate of drug-likeness (QED) is 0.745. The number of nitrogens with zero attached hydrogens (tertiary/aromatic N) is 3. The largest absolute Gasteiger partial charge is 0.379 e. The molecule has 0 spiro atoms. The van der Waals surface area contributed by atoms with Gasteiger partial charge in [-0.15, -0.1) is 0 Å². The maximum atomic E-state index is 13.1. The van der Waals surface area contributed by atoms with Crippen molar-refractivity contribution in [3.8, 4) is 0 Å². The Balaban J connectivity index is 1.55. The standard InChI is InChI=1S/C23H37N3O2/c1-19(2)21-9-7-20(8-10-21)17-26-14-6-11-23(28,22(26)27)18-24(3)15-16-25-12-4-5-13-25/h7-10,19,28H,4-6,11-18H2,1-3H3. The molecular weight excluding hydrogens is 350 g/mol. The van der Waals surface area contributed by atoms with Crippen molar-refractivity contribution < 1.29 is 9.90 Å². The van der Waals surface area contributed by atoms with Gasteiger partial charge >= 0.3 is 0 Å². The molecule has 3 rings (SSSR count). The Kier molecular flexibility index (Phi) is 7.13. The smallest absolute Gasteiger partial charge is 0.256 e. The van der Waals surface area contributed by atoms with Crippen LogP contribution in [0.5, 0.6) is 0 Å². The average molecular weight is 388 g/mol. The molecule has 0 bridgehead atoms. The van der Waals surface area contributed by atoms with Gasteiger partial charge in [0.05, 0.1) is 0 Å². The minimum absolute atomic E-state index is 0.111. The van der Waals surface area contributed by atoms with Crippen molar-refractivity contribution in [3.63, 3.8) is 0 Å². The fourth-order valence-corrected chi connectivity index (χ4v) is 4.43. The van der Waals surface area contributed by atoms with Crippen molar-refractivity contribution in [2.24, 2.45) is 0 Å². The summed E-state index contributed by atoms with van der Waals surface area (Å²) in [5.41, 5.74) is 1.19. The predicted octanol–water partition coefficient (Wildman–Crippen LogP) is 2.69. The van der Waals surface area contributed by atoms with E-state index in [0.29, 0.717) is 25.4 Å². The van der Waals surface area contributed by atoms with Crippen LogP contribution in [0.1, 0.15) is 56.6 Å². The first-order valence-corrected chi connectivity index (χ1v) is 10.9. The molecule has 1 N–H and O–H groups in total. The lowest BCUT2D eigenvalue weighted by Crippen LogP contribution is -2.58. The van der Waals surface area contributed by atoms with Crippen LogP contribution in [-0.2, 0) is 11.3 Å². The highest BCUT2D eigenvalue weighted by Gasteiger charge is 2.42. The van der Waals surface area contributed by atoms with E-state index in [1.165, 1.54) is 31.5 Å². The Bertz CT molecular complexity index is 640. The molecular formula is C23H37N3O2. The van der Waals surface area contributed by atoms with Crippen molar-refractivity contribution in [2.75, 3.05) is 46.3 Å². The van der Waals surface area contributed by atoms with Crippen LogP contribution in [0, 0.1) is 0 Å². The van der Waals surface area contributed by atoms with Gasteiger partial charge in [0, 0.05) is 32.7 Å². The molecule has 2 saturated heterocycles. The van der Waals surface area contributed by atoms with Crippen molar-refractivity contribution in [3.05, 3.63) is 35.4 Å². The molecule has 5 nitrogen and oxygen atoms in total. The number of likely N-dealkylation sites (tertiary alicyclic amines) is 2. The Labute approximate surface area is 170 Å². The van der Waals surface area contributed by atoms with Gasteiger partial charge in [-0.1, -0.05) is 38.1 Å². The summed E-state index contributed by atoms with van der Waals surface area (Å²) < 4.78 is 0. The maximum Gasteiger partial charge on any atom is 0.256 e. The Morgan fingerprint density at radius 3 is 2.43 bits per heavy atom. The first kappa shape index (κ1) is 21.3.